The maximum atomic E-state index is 6.07. The van der Waals surface area contributed by atoms with E-state index in [9.17, 15) is 0 Å². The maximum Gasteiger partial charge on any atom is 0.0625 e. The molecule has 0 amide bonds. The topological polar surface area (TPSA) is 12.5 Å². The molecule has 0 radical (unpaired) electrons. The number of hydrogen-bond donors (Lipinski definition) is 0. The summed E-state index contributed by atoms with van der Waals surface area (Å²) in [5.74, 6) is 0. The van der Waals surface area contributed by atoms with Crippen molar-refractivity contribution < 1.29 is 4.74 Å². The molecular weight excluding hydrogens is 198 g/mol. The molecule has 94 valence electrons. The van der Waals surface area contributed by atoms with Crippen molar-refractivity contribution in [3.63, 3.8) is 0 Å². The lowest BCUT2D eigenvalue weighted by molar-refractivity contribution is 0.000840. The molecule has 1 atom stereocenters. The Morgan fingerprint density at radius 2 is 1.75 bits per heavy atom. The summed E-state index contributed by atoms with van der Waals surface area (Å²) >= 11 is 0. The van der Waals surface area contributed by atoms with Crippen LogP contribution in [0.25, 0.3) is 0 Å². The van der Waals surface area contributed by atoms with Crippen LogP contribution in [0.15, 0.2) is 0 Å². The van der Waals surface area contributed by atoms with Gasteiger partial charge in [-0.1, -0.05) is 12.8 Å². The molecule has 0 aromatic rings. The van der Waals surface area contributed by atoms with Gasteiger partial charge in [-0.05, 0) is 53.0 Å². The van der Waals surface area contributed by atoms with E-state index in [2.05, 4.69) is 25.7 Å². The van der Waals surface area contributed by atoms with Crippen LogP contribution < -0.4 is 0 Å². The molecule has 1 unspecified atom stereocenters. The van der Waals surface area contributed by atoms with Crippen LogP contribution in [-0.2, 0) is 4.74 Å². The number of likely N-dealkylation sites (tertiary alicyclic amines) is 1. The van der Waals surface area contributed by atoms with Gasteiger partial charge >= 0.3 is 0 Å². The van der Waals surface area contributed by atoms with Crippen LogP contribution in [0.2, 0.25) is 0 Å². The average Bonchev–Trinajstić information content (AvgIpc) is 2.85. The Hall–Kier alpha value is -0.0800. The Balaban J connectivity index is 1.79. The third-order valence-electron chi connectivity index (χ3n) is 4.07. The van der Waals surface area contributed by atoms with Crippen LogP contribution in [0.1, 0.15) is 59.3 Å². The zero-order chi connectivity index (χ0) is 11.6. The van der Waals surface area contributed by atoms with Gasteiger partial charge in [-0.15, -0.1) is 0 Å². The molecule has 16 heavy (non-hydrogen) atoms. The monoisotopic (exact) mass is 225 g/mol. The van der Waals surface area contributed by atoms with Gasteiger partial charge in [0.15, 0.2) is 0 Å². The standard InChI is InChI=1S/C14H27NO/c1-14(2,3)15-10-6-7-12(15)11-16-13-8-4-5-9-13/h12-13H,4-11H2,1-3H3. The van der Waals surface area contributed by atoms with Gasteiger partial charge in [-0.3, -0.25) is 4.90 Å². The van der Waals surface area contributed by atoms with Crippen LogP contribution >= 0.6 is 0 Å². The quantitative estimate of drug-likeness (QED) is 0.731. The highest BCUT2D eigenvalue weighted by Gasteiger charge is 2.33. The van der Waals surface area contributed by atoms with Gasteiger partial charge in [0.05, 0.1) is 12.7 Å². The molecule has 0 N–H and O–H groups in total. The van der Waals surface area contributed by atoms with Crippen LogP contribution in [0.5, 0.6) is 0 Å². The van der Waals surface area contributed by atoms with Gasteiger partial charge < -0.3 is 4.74 Å². The highest BCUT2D eigenvalue weighted by Crippen LogP contribution is 2.28. The summed E-state index contributed by atoms with van der Waals surface area (Å²) in [6.45, 7) is 9.17. The fraction of sp³-hybridized carbons (Fsp3) is 1.00. The number of ether oxygens (including phenoxy) is 1. The summed E-state index contributed by atoms with van der Waals surface area (Å²) < 4.78 is 6.07. The van der Waals surface area contributed by atoms with Gasteiger partial charge in [0.2, 0.25) is 0 Å². The molecule has 1 aliphatic heterocycles. The smallest absolute Gasteiger partial charge is 0.0625 e. The molecule has 2 heteroatoms. The number of hydrogen-bond acceptors (Lipinski definition) is 2. The lowest BCUT2D eigenvalue weighted by Gasteiger charge is -2.37. The zero-order valence-corrected chi connectivity index (χ0v) is 11.2. The second kappa shape index (κ2) is 5.05. The fourth-order valence-corrected chi connectivity index (χ4v) is 3.19. The van der Waals surface area contributed by atoms with Crippen molar-refractivity contribution in [1.82, 2.24) is 4.90 Å². The van der Waals surface area contributed by atoms with Crippen molar-refractivity contribution in [2.45, 2.75) is 77.0 Å². The van der Waals surface area contributed by atoms with Gasteiger partial charge in [0.1, 0.15) is 0 Å². The Morgan fingerprint density at radius 1 is 1.06 bits per heavy atom. The van der Waals surface area contributed by atoms with E-state index in [-0.39, 0.29) is 0 Å². The first kappa shape index (κ1) is 12.4. The second-order valence-corrected chi connectivity index (χ2v) is 6.40. The van der Waals surface area contributed by atoms with Crippen molar-refractivity contribution in [1.29, 1.82) is 0 Å². The molecular formula is C14H27NO. The van der Waals surface area contributed by atoms with Crippen LogP contribution in [0.4, 0.5) is 0 Å². The van der Waals surface area contributed by atoms with Gasteiger partial charge in [-0.2, -0.15) is 0 Å². The molecule has 0 aromatic carbocycles. The molecule has 1 heterocycles. The minimum atomic E-state index is 0.306. The molecule has 1 aliphatic carbocycles. The molecule has 1 saturated heterocycles. The second-order valence-electron chi connectivity index (χ2n) is 6.40. The molecule has 0 aromatic heterocycles. The Bertz CT molecular complexity index is 215. The third-order valence-corrected chi connectivity index (χ3v) is 4.07. The zero-order valence-electron chi connectivity index (χ0n) is 11.2. The average molecular weight is 225 g/mol. The van der Waals surface area contributed by atoms with E-state index in [4.69, 9.17) is 4.74 Å². The minimum Gasteiger partial charge on any atom is -0.377 e. The molecule has 1 saturated carbocycles. The van der Waals surface area contributed by atoms with E-state index in [1.165, 1.54) is 45.1 Å². The number of nitrogens with zero attached hydrogens (tertiary/aromatic N) is 1. The van der Waals surface area contributed by atoms with Crippen molar-refractivity contribution >= 4 is 0 Å². The summed E-state index contributed by atoms with van der Waals surface area (Å²) in [5, 5.41) is 0. The van der Waals surface area contributed by atoms with E-state index < -0.39 is 0 Å². The van der Waals surface area contributed by atoms with Crippen LogP contribution in [0, 0.1) is 0 Å². The SMILES string of the molecule is CC(C)(C)N1CCCC1COC1CCCC1. The summed E-state index contributed by atoms with van der Waals surface area (Å²) in [6, 6.07) is 0.667. The first-order valence-electron chi connectivity index (χ1n) is 6.96. The van der Waals surface area contributed by atoms with Crippen molar-refractivity contribution in [2.24, 2.45) is 0 Å². The Kier molecular flexibility index (Phi) is 3.91. The summed E-state index contributed by atoms with van der Waals surface area (Å²) in [6.07, 6.45) is 8.57. The predicted molar refractivity (Wildman–Crippen MR) is 67.7 cm³/mol. The van der Waals surface area contributed by atoms with E-state index in [1.54, 1.807) is 0 Å². The van der Waals surface area contributed by atoms with Crippen molar-refractivity contribution in [3.05, 3.63) is 0 Å². The van der Waals surface area contributed by atoms with E-state index in [0.717, 1.165) is 6.61 Å². The summed E-state index contributed by atoms with van der Waals surface area (Å²) in [5.41, 5.74) is 0.306. The van der Waals surface area contributed by atoms with Crippen molar-refractivity contribution in [3.8, 4) is 0 Å². The lowest BCUT2D eigenvalue weighted by atomic mass is 10.0. The van der Waals surface area contributed by atoms with E-state index in [0.29, 0.717) is 17.7 Å². The Labute approximate surface area is 100 Å². The third kappa shape index (κ3) is 2.98. The molecule has 2 aliphatic rings. The van der Waals surface area contributed by atoms with Gasteiger partial charge in [-0.25, -0.2) is 0 Å². The largest absolute Gasteiger partial charge is 0.377 e. The highest BCUT2D eigenvalue weighted by atomic mass is 16.5. The first-order chi connectivity index (χ1) is 7.57. The van der Waals surface area contributed by atoms with Crippen molar-refractivity contribution in [2.75, 3.05) is 13.2 Å². The van der Waals surface area contributed by atoms with E-state index in [1.807, 2.05) is 0 Å². The van der Waals surface area contributed by atoms with Crippen LogP contribution in [0.3, 0.4) is 0 Å². The first-order valence-corrected chi connectivity index (χ1v) is 6.96. The maximum absolute atomic E-state index is 6.07. The molecule has 0 spiro atoms. The normalized spacial score (nSPS) is 29.1. The predicted octanol–water partition coefficient (Wildman–Crippen LogP) is 3.21. The summed E-state index contributed by atoms with van der Waals surface area (Å²) in [4.78, 5) is 2.63. The molecule has 0 bridgehead atoms. The molecule has 2 fully saturated rings. The van der Waals surface area contributed by atoms with Gasteiger partial charge in [0.25, 0.3) is 0 Å². The Morgan fingerprint density at radius 3 is 2.38 bits per heavy atom. The van der Waals surface area contributed by atoms with Gasteiger partial charge in [0, 0.05) is 11.6 Å². The molecule has 2 nitrogen and oxygen atoms in total. The minimum absolute atomic E-state index is 0.306. The molecule has 2 rings (SSSR count). The fourth-order valence-electron chi connectivity index (χ4n) is 3.19. The summed E-state index contributed by atoms with van der Waals surface area (Å²) in [7, 11) is 0. The van der Waals surface area contributed by atoms with Crippen LogP contribution in [-0.4, -0.2) is 35.7 Å². The van der Waals surface area contributed by atoms with E-state index >= 15 is 0 Å². The number of rotatable bonds is 3. The lowest BCUT2D eigenvalue weighted by Crippen LogP contribution is -2.46. The highest BCUT2D eigenvalue weighted by molar-refractivity contribution is 4.88.